The first-order valence-electron chi connectivity index (χ1n) is 2.81. The molecule has 0 bridgehead atoms. The Bertz CT molecular complexity index is 175. The van der Waals surface area contributed by atoms with Gasteiger partial charge < -0.3 is 4.32 Å². The van der Waals surface area contributed by atoms with Gasteiger partial charge in [0.15, 0.2) is 0 Å². The number of rotatable bonds is 4. The van der Waals surface area contributed by atoms with Gasteiger partial charge in [0.1, 0.15) is 0 Å². The van der Waals surface area contributed by atoms with Gasteiger partial charge in [0.25, 0.3) is 10.1 Å². The van der Waals surface area contributed by atoms with Crippen LogP contribution in [0.4, 0.5) is 4.32 Å². The third kappa shape index (κ3) is 4.75. The van der Waals surface area contributed by atoms with E-state index < -0.39 is 16.1 Å². The summed E-state index contributed by atoms with van der Waals surface area (Å²) in [6.45, 7) is 1.63. The monoisotopic (exact) mass is 167 g/mol. The second-order valence-corrected chi connectivity index (χ2v) is 3.47. The van der Waals surface area contributed by atoms with Gasteiger partial charge >= 0.3 is 7.56 Å². The Morgan fingerprint density at radius 2 is 2.20 bits per heavy atom. The lowest BCUT2D eigenvalue weighted by Gasteiger charge is -2.06. The first-order chi connectivity index (χ1) is 4.49. The van der Waals surface area contributed by atoms with Crippen LogP contribution in [0.25, 0.3) is 0 Å². The maximum Gasteiger partial charge on any atom is 0.387 e. The van der Waals surface area contributed by atoms with Gasteiger partial charge in [-0.25, -0.2) is 0 Å². The zero-order valence-electron chi connectivity index (χ0n) is 5.87. The molecule has 0 saturated carbocycles. The van der Waals surface area contributed by atoms with Crippen LogP contribution in [-0.2, 0) is 14.3 Å². The normalized spacial score (nSPS) is 14.7. The molecule has 0 saturated heterocycles. The molecular weight excluding hydrogens is 158 g/mol. The molecule has 3 nitrogen and oxygen atoms in total. The molecule has 0 aromatic carbocycles. The molecule has 10 heavy (non-hydrogen) atoms. The smallest absolute Gasteiger partial charge is 0.339 e. The molecule has 6 heteroatoms. The van der Waals surface area contributed by atoms with Gasteiger partial charge in [-0.3, -0.25) is 4.18 Å². The fraction of sp³-hybridized carbons (Fsp3) is 1.00. The summed E-state index contributed by atoms with van der Waals surface area (Å²) >= 11 is 0. The van der Waals surface area contributed by atoms with Crippen molar-refractivity contribution in [2.45, 2.75) is 19.3 Å². The average molecular weight is 167 g/mol. The highest BCUT2D eigenvalue weighted by molar-refractivity contribution is 7.86. The lowest BCUT2D eigenvalue weighted by molar-refractivity contribution is 0.273. The SMILES string of the molecule is CCC([B]F)OS(C)(=O)=O. The van der Waals surface area contributed by atoms with E-state index in [1.165, 1.54) is 0 Å². The van der Waals surface area contributed by atoms with Crippen LogP contribution in [0.3, 0.4) is 0 Å². The van der Waals surface area contributed by atoms with Crippen molar-refractivity contribution >= 4 is 17.7 Å². The Kier molecular flexibility index (Phi) is 3.89. The second-order valence-electron chi connectivity index (χ2n) is 1.87. The highest BCUT2D eigenvalue weighted by Crippen LogP contribution is 2.00. The van der Waals surface area contributed by atoms with Crippen LogP contribution in [0.15, 0.2) is 0 Å². The predicted octanol–water partition coefficient (Wildman–Crippen LogP) is 0.287. The maximum atomic E-state index is 11.7. The second kappa shape index (κ2) is 3.93. The number of hydrogen-bond acceptors (Lipinski definition) is 3. The number of hydrogen-bond donors (Lipinski definition) is 0. The quantitative estimate of drug-likeness (QED) is 0.446. The van der Waals surface area contributed by atoms with Gasteiger partial charge in [-0.15, -0.1) is 0 Å². The van der Waals surface area contributed by atoms with Crippen molar-refractivity contribution < 1.29 is 16.9 Å². The fourth-order valence-corrected chi connectivity index (χ4v) is 1.03. The van der Waals surface area contributed by atoms with E-state index in [0.29, 0.717) is 6.42 Å². The predicted molar refractivity (Wildman–Crippen MR) is 36.9 cm³/mol. The van der Waals surface area contributed by atoms with E-state index >= 15 is 0 Å². The Labute approximate surface area is 61.0 Å². The molecule has 0 aliphatic carbocycles. The molecule has 1 radical (unpaired) electrons. The Balaban J connectivity index is 3.87. The van der Waals surface area contributed by atoms with Gasteiger partial charge in [-0.1, -0.05) is 6.92 Å². The van der Waals surface area contributed by atoms with Crippen molar-refractivity contribution in [1.82, 2.24) is 0 Å². The summed E-state index contributed by atoms with van der Waals surface area (Å²) in [7, 11) is -3.30. The summed E-state index contributed by atoms with van der Waals surface area (Å²) in [5.74, 6) is 0. The van der Waals surface area contributed by atoms with Crippen molar-refractivity contribution in [2.24, 2.45) is 0 Å². The molecule has 0 aromatic rings. The van der Waals surface area contributed by atoms with Crippen molar-refractivity contribution in [3.05, 3.63) is 0 Å². The molecular formula is C4H9BFO3S. The van der Waals surface area contributed by atoms with Crippen LogP contribution >= 0.6 is 0 Å². The highest BCUT2D eigenvalue weighted by atomic mass is 32.2. The number of halogens is 1. The van der Waals surface area contributed by atoms with E-state index in [9.17, 15) is 12.7 Å². The van der Waals surface area contributed by atoms with Crippen LogP contribution in [-0.4, -0.2) is 28.2 Å². The molecule has 0 spiro atoms. The summed E-state index contributed by atoms with van der Waals surface area (Å²) in [5.41, 5.74) is 0. The molecule has 0 rings (SSSR count). The molecule has 1 unspecified atom stereocenters. The third-order valence-corrected chi connectivity index (χ3v) is 1.44. The van der Waals surface area contributed by atoms with Crippen LogP contribution in [0, 0.1) is 0 Å². The standard InChI is InChI=1S/C4H9BFO3S/c1-3-4(5-6)9-10(2,7)8/h4H,3H2,1-2H3. The summed E-state index contributed by atoms with van der Waals surface area (Å²) in [6.07, 6.45) is 1.20. The van der Waals surface area contributed by atoms with Crippen molar-refractivity contribution in [2.75, 3.05) is 6.26 Å². The zero-order valence-corrected chi connectivity index (χ0v) is 6.69. The molecule has 0 heterocycles. The lowest BCUT2D eigenvalue weighted by Crippen LogP contribution is -2.20. The molecule has 1 atom stereocenters. The topological polar surface area (TPSA) is 43.4 Å². The molecule has 0 aliphatic rings. The largest absolute Gasteiger partial charge is 0.387 e. The minimum atomic E-state index is -3.52. The summed E-state index contributed by atoms with van der Waals surface area (Å²) in [6, 6.07) is -0.935. The summed E-state index contributed by atoms with van der Waals surface area (Å²) < 4.78 is 36.7. The van der Waals surface area contributed by atoms with E-state index in [2.05, 4.69) is 4.18 Å². The molecule has 0 amide bonds. The Morgan fingerprint density at radius 1 is 1.70 bits per heavy atom. The van der Waals surface area contributed by atoms with E-state index in [1.54, 1.807) is 6.92 Å². The lowest BCUT2D eigenvalue weighted by atomic mass is 9.93. The van der Waals surface area contributed by atoms with E-state index in [-0.39, 0.29) is 7.56 Å². The van der Waals surface area contributed by atoms with Gasteiger partial charge in [0, 0.05) is 0 Å². The van der Waals surface area contributed by atoms with E-state index in [0.717, 1.165) is 6.26 Å². The summed E-state index contributed by atoms with van der Waals surface area (Å²) in [5, 5.41) is 0. The first kappa shape index (κ1) is 9.90. The van der Waals surface area contributed by atoms with Crippen LogP contribution in [0.5, 0.6) is 0 Å². The Hall–Kier alpha value is -0.0951. The molecule has 0 aliphatic heterocycles. The van der Waals surface area contributed by atoms with Crippen molar-refractivity contribution in [3.8, 4) is 0 Å². The fourth-order valence-electron chi connectivity index (χ4n) is 0.403. The van der Waals surface area contributed by atoms with E-state index in [1.807, 2.05) is 0 Å². The van der Waals surface area contributed by atoms with Crippen LogP contribution < -0.4 is 0 Å². The first-order valence-corrected chi connectivity index (χ1v) is 4.63. The van der Waals surface area contributed by atoms with Crippen molar-refractivity contribution in [3.63, 3.8) is 0 Å². The minimum absolute atomic E-state index is 0.223. The average Bonchev–Trinajstić information content (AvgIpc) is 1.81. The van der Waals surface area contributed by atoms with Gasteiger partial charge in [0.05, 0.1) is 12.3 Å². The maximum absolute atomic E-state index is 11.7. The highest BCUT2D eigenvalue weighted by Gasteiger charge is 2.14. The molecule has 0 aromatic heterocycles. The van der Waals surface area contributed by atoms with Gasteiger partial charge in [-0.05, 0) is 6.42 Å². The molecule has 0 N–H and O–H groups in total. The molecule has 0 fully saturated rings. The van der Waals surface area contributed by atoms with Gasteiger partial charge in [0.2, 0.25) is 0 Å². The zero-order chi connectivity index (χ0) is 8.20. The van der Waals surface area contributed by atoms with Crippen LogP contribution in [0.2, 0.25) is 0 Å². The summed E-state index contributed by atoms with van der Waals surface area (Å²) in [4.78, 5) is 0. The van der Waals surface area contributed by atoms with Crippen molar-refractivity contribution in [1.29, 1.82) is 0 Å². The van der Waals surface area contributed by atoms with E-state index in [4.69, 9.17) is 0 Å². The van der Waals surface area contributed by atoms with Gasteiger partial charge in [-0.2, -0.15) is 8.42 Å². The molecule has 59 valence electrons. The minimum Gasteiger partial charge on any atom is -0.339 e. The Morgan fingerprint density at radius 3 is 2.30 bits per heavy atom. The van der Waals surface area contributed by atoms with Crippen LogP contribution in [0.1, 0.15) is 13.3 Å². The third-order valence-electron chi connectivity index (χ3n) is 0.841.